The lowest BCUT2D eigenvalue weighted by Gasteiger charge is -2.16. The molecule has 0 amide bonds. The summed E-state index contributed by atoms with van der Waals surface area (Å²) in [6, 6.07) is 3.51. The second kappa shape index (κ2) is 17.9. The molecular formula is C30H46N10O5S2. The van der Waals surface area contributed by atoms with Crippen LogP contribution in [0, 0.1) is 0 Å². The van der Waals surface area contributed by atoms with Gasteiger partial charge in [-0.05, 0) is 18.1 Å². The van der Waals surface area contributed by atoms with Gasteiger partial charge in [0.25, 0.3) is 0 Å². The van der Waals surface area contributed by atoms with Crippen LogP contribution < -0.4 is 41.9 Å². The first-order valence-electron chi connectivity index (χ1n) is 13.5. The van der Waals surface area contributed by atoms with Gasteiger partial charge in [-0.2, -0.15) is 9.97 Å². The second-order valence-corrected chi connectivity index (χ2v) is 12.1. The Balaban J connectivity index is 0.000000451. The number of nitrogens with zero attached hydrogens (tertiary/aromatic N) is 6. The molecule has 258 valence electrons. The minimum Gasteiger partial charge on any atom is -0.480 e. The van der Waals surface area contributed by atoms with Crippen molar-refractivity contribution in [1.82, 2.24) is 29.9 Å². The van der Waals surface area contributed by atoms with E-state index in [1.54, 1.807) is 19.4 Å². The van der Waals surface area contributed by atoms with Crippen LogP contribution in [0.25, 0.3) is 0 Å². The molecule has 4 rings (SSSR count). The van der Waals surface area contributed by atoms with Crippen molar-refractivity contribution >= 4 is 46.1 Å². The van der Waals surface area contributed by atoms with Crippen molar-refractivity contribution in [2.45, 2.75) is 64.2 Å². The number of ether oxygens (including phenoxy) is 4. The molecule has 0 fully saturated rings. The lowest BCUT2D eigenvalue weighted by Crippen LogP contribution is -2.06. The molecule has 17 heteroatoms. The number of anilines is 4. The van der Waals surface area contributed by atoms with Crippen molar-refractivity contribution in [3.05, 3.63) is 35.9 Å². The Morgan fingerprint density at radius 3 is 1.49 bits per heavy atom. The average molecular weight is 691 g/mol. The zero-order valence-electron chi connectivity index (χ0n) is 26.3. The molecule has 4 heterocycles. The minimum absolute atomic E-state index is 0. The molecule has 8 N–H and O–H groups in total. The number of nitrogen functional groups attached to an aromatic ring is 4. The smallest absolute Gasteiger partial charge is 0.230 e. The molecule has 0 aliphatic rings. The van der Waals surface area contributed by atoms with Gasteiger partial charge in [-0.25, -0.2) is 19.9 Å². The third-order valence-corrected chi connectivity index (χ3v) is 7.59. The Morgan fingerprint density at radius 1 is 0.702 bits per heavy atom. The molecule has 1 atom stereocenters. The largest absolute Gasteiger partial charge is 0.480 e. The first kappa shape index (κ1) is 40.4. The molecule has 4 aromatic heterocycles. The van der Waals surface area contributed by atoms with E-state index in [0.717, 1.165) is 10.6 Å². The maximum absolute atomic E-state index is 11.9. The van der Waals surface area contributed by atoms with Gasteiger partial charge < -0.3 is 41.9 Å². The number of aromatic nitrogens is 6. The Hall–Kier alpha value is -4.64. The van der Waals surface area contributed by atoms with Crippen LogP contribution >= 0.6 is 11.8 Å². The Bertz CT molecular complexity index is 1680. The number of nitrogens with two attached hydrogens (primary N) is 4. The van der Waals surface area contributed by atoms with Crippen LogP contribution in [0.15, 0.2) is 34.3 Å². The summed E-state index contributed by atoms with van der Waals surface area (Å²) < 4.78 is 34.1. The van der Waals surface area contributed by atoms with Crippen molar-refractivity contribution < 1.29 is 23.2 Å². The van der Waals surface area contributed by atoms with Crippen LogP contribution in [-0.2, 0) is 10.8 Å². The molecule has 0 spiro atoms. The van der Waals surface area contributed by atoms with Gasteiger partial charge in [0.1, 0.15) is 4.90 Å². The van der Waals surface area contributed by atoms with Gasteiger partial charge >= 0.3 is 0 Å². The number of methoxy groups -OCH3 is 2. The summed E-state index contributed by atoms with van der Waals surface area (Å²) in [6.07, 6.45) is 6.32. The van der Waals surface area contributed by atoms with Gasteiger partial charge in [-0.3, -0.25) is 4.21 Å². The van der Waals surface area contributed by atoms with Gasteiger partial charge in [0, 0.05) is 18.4 Å². The summed E-state index contributed by atoms with van der Waals surface area (Å²) in [5, 5.41) is 0. The molecule has 0 saturated carbocycles. The van der Waals surface area contributed by atoms with Gasteiger partial charge in [-0.1, -0.05) is 42.5 Å². The van der Waals surface area contributed by atoms with E-state index in [1.165, 1.54) is 31.3 Å². The van der Waals surface area contributed by atoms with Crippen LogP contribution in [0.2, 0.25) is 0 Å². The van der Waals surface area contributed by atoms with E-state index in [1.807, 2.05) is 40.0 Å². The van der Waals surface area contributed by atoms with E-state index in [4.69, 9.17) is 41.9 Å². The van der Waals surface area contributed by atoms with E-state index < -0.39 is 10.8 Å². The molecule has 0 radical (unpaired) electrons. The highest BCUT2D eigenvalue weighted by Crippen LogP contribution is 2.38. The topological polar surface area (TPSA) is 235 Å². The zero-order valence-corrected chi connectivity index (χ0v) is 27.9. The lowest BCUT2D eigenvalue weighted by molar-refractivity contribution is 0.378. The van der Waals surface area contributed by atoms with Crippen LogP contribution in [0.4, 0.5) is 23.5 Å². The van der Waals surface area contributed by atoms with Crippen LogP contribution in [0.3, 0.4) is 0 Å². The van der Waals surface area contributed by atoms with Gasteiger partial charge in [0.05, 0.1) is 53.7 Å². The molecule has 15 nitrogen and oxygen atoms in total. The fourth-order valence-corrected chi connectivity index (χ4v) is 4.95. The Morgan fingerprint density at radius 2 is 1.13 bits per heavy atom. The van der Waals surface area contributed by atoms with E-state index >= 15 is 0 Å². The van der Waals surface area contributed by atoms with Crippen LogP contribution in [-0.4, -0.2) is 60.8 Å². The van der Waals surface area contributed by atoms with Crippen LogP contribution in [0.5, 0.6) is 34.8 Å². The quantitative estimate of drug-likeness (QED) is 0.147. The van der Waals surface area contributed by atoms with E-state index in [0.29, 0.717) is 39.6 Å². The first-order chi connectivity index (χ1) is 21.3. The Kier molecular flexibility index (Phi) is 15.4. The van der Waals surface area contributed by atoms with Gasteiger partial charge in [-0.15, -0.1) is 11.8 Å². The van der Waals surface area contributed by atoms with Crippen molar-refractivity contribution in [2.24, 2.45) is 0 Å². The summed E-state index contributed by atoms with van der Waals surface area (Å²) in [5.74, 6) is 3.15. The highest BCUT2D eigenvalue weighted by molar-refractivity contribution is 7.98. The summed E-state index contributed by atoms with van der Waals surface area (Å²) in [4.78, 5) is 25.7. The molecule has 0 aromatic carbocycles. The van der Waals surface area contributed by atoms with Gasteiger partial charge in [0.2, 0.25) is 23.7 Å². The van der Waals surface area contributed by atoms with E-state index in [9.17, 15) is 4.21 Å². The average Bonchev–Trinajstić information content (AvgIpc) is 2.99. The number of hydrogen-bond donors (Lipinski definition) is 4. The number of pyridine rings is 2. The van der Waals surface area contributed by atoms with Crippen molar-refractivity contribution in [3.63, 3.8) is 0 Å². The minimum atomic E-state index is -1.29. The fraction of sp³-hybridized carbons (Fsp3) is 0.400. The van der Waals surface area contributed by atoms with E-state index in [2.05, 4.69) is 29.9 Å². The summed E-state index contributed by atoms with van der Waals surface area (Å²) in [6.45, 7) is 7.96. The van der Waals surface area contributed by atoms with Crippen molar-refractivity contribution in [1.29, 1.82) is 0 Å². The first-order valence-corrected chi connectivity index (χ1v) is 16.2. The second-order valence-electron chi connectivity index (χ2n) is 9.89. The molecule has 0 saturated heterocycles. The predicted molar refractivity (Wildman–Crippen MR) is 189 cm³/mol. The standard InChI is InChI=1S/C14H19N5O3S.C14H19N5O2S.2CH4/c1-7(2)11-8(5-10(23(4)20)13(18-11)21-3)22-9-6-17-14(16)19-12(9)15;1-7(2)11-8(5-10(22-4)13(18-11)20-3)21-9-6-17-14(16)19-12(9)15;;/h5-7H,1-4H3,(H4,15,16,17,19);5-7H,1-4H3,(H4,15,16,17,19);2*1H4. The van der Waals surface area contributed by atoms with Crippen molar-refractivity contribution in [3.8, 4) is 34.8 Å². The third-order valence-electron chi connectivity index (χ3n) is 5.95. The number of rotatable bonds is 10. The predicted octanol–water partition coefficient (Wildman–Crippen LogP) is 5.65. The summed E-state index contributed by atoms with van der Waals surface area (Å²) >= 11 is 1.52. The van der Waals surface area contributed by atoms with E-state index in [-0.39, 0.29) is 56.0 Å². The summed E-state index contributed by atoms with van der Waals surface area (Å²) in [7, 11) is 1.79. The SMILES string of the molecule is C.C.COc1nc(C(C)C)c(Oc2cnc(N)nc2N)cc1S(C)=O.COc1nc(C(C)C)c(Oc2cnc(N)nc2N)cc1SC. The highest BCUT2D eigenvalue weighted by Gasteiger charge is 2.20. The molecular weight excluding hydrogens is 645 g/mol. The molecule has 0 aliphatic carbocycles. The van der Waals surface area contributed by atoms with Crippen LogP contribution in [0.1, 0.15) is 65.8 Å². The monoisotopic (exact) mass is 690 g/mol. The summed E-state index contributed by atoms with van der Waals surface area (Å²) in [5.41, 5.74) is 24.0. The normalized spacial score (nSPS) is 11.0. The number of hydrogen-bond acceptors (Lipinski definition) is 16. The number of thioether (sulfide) groups is 1. The van der Waals surface area contributed by atoms with Crippen molar-refractivity contribution in [2.75, 3.05) is 49.7 Å². The highest BCUT2D eigenvalue weighted by atomic mass is 32.2. The maximum Gasteiger partial charge on any atom is 0.230 e. The fourth-order valence-electron chi connectivity index (χ4n) is 3.77. The molecule has 4 aromatic rings. The lowest BCUT2D eigenvalue weighted by atomic mass is 10.1. The molecule has 1 unspecified atom stereocenters. The Labute approximate surface area is 283 Å². The molecule has 47 heavy (non-hydrogen) atoms. The zero-order chi connectivity index (χ0) is 33.4. The maximum atomic E-state index is 11.9. The molecule has 0 aliphatic heterocycles. The van der Waals surface area contributed by atoms with Gasteiger partial charge in [0.15, 0.2) is 34.6 Å². The molecule has 0 bridgehead atoms. The third kappa shape index (κ3) is 10.2.